The topological polar surface area (TPSA) is 93.1 Å². The van der Waals surface area contributed by atoms with Crippen LogP contribution in [0.3, 0.4) is 0 Å². The van der Waals surface area contributed by atoms with Gasteiger partial charge in [-0.2, -0.15) is 0 Å². The molecule has 2 aliphatic carbocycles. The van der Waals surface area contributed by atoms with Gasteiger partial charge in [-0.1, -0.05) is 32.1 Å². The van der Waals surface area contributed by atoms with Gasteiger partial charge >= 0.3 is 11.9 Å². The monoisotopic (exact) mass is 448 g/mol. The summed E-state index contributed by atoms with van der Waals surface area (Å²) in [5, 5.41) is 20.2. The van der Waals surface area contributed by atoms with Gasteiger partial charge in [-0.25, -0.2) is 0 Å². The van der Waals surface area contributed by atoms with Crippen molar-refractivity contribution in [1.82, 2.24) is 0 Å². The van der Waals surface area contributed by atoms with E-state index in [9.17, 15) is 19.8 Å². The van der Waals surface area contributed by atoms with Crippen LogP contribution in [-0.4, -0.2) is 46.6 Å². The lowest BCUT2D eigenvalue weighted by molar-refractivity contribution is -0.166. The highest BCUT2D eigenvalue weighted by Gasteiger charge is 2.44. The zero-order valence-electron chi connectivity index (χ0n) is 20.1. The molecular weight excluding hydrogens is 408 g/mol. The molecule has 1 saturated heterocycles. The van der Waals surface area contributed by atoms with Crippen molar-refractivity contribution in [1.29, 1.82) is 0 Å². The summed E-state index contributed by atoms with van der Waals surface area (Å²) in [7, 11) is 0. The SMILES string of the molecule is CCC(C)(C)C(=O)O[C@H]1C[C@H](C(C)O)C=C2C=C[C@H](C)[C@H](CC[C@@H]3C[C@@H](O)CC(=O)O3)[C@H]21. The number of aliphatic hydroxyl groups excluding tert-OH is 2. The van der Waals surface area contributed by atoms with Crippen molar-refractivity contribution in [2.75, 3.05) is 0 Å². The molecule has 3 rings (SSSR count). The number of esters is 2. The number of rotatable bonds is 7. The first kappa shape index (κ1) is 25.0. The summed E-state index contributed by atoms with van der Waals surface area (Å²) in [6, 6.07) is 0. The molecular formula is C26H40O6. The molecule has 1 aliphatic heterocycles. The van der Waals surface area contributed by atoms with Gasteiger partial charge < -0.3 is 19.7 Å². The Morgan fingerprint density at radius 3 is 2.66 bits per heavy atom. The molecule has 8 atom stereocenters. The summed E-state index contributed by atoms with van der Waals surface area (Å²) >= 11 is 0. The van der Waals surface area contributed by atoms with E-state index in [1.165, 1.54) is 0 Å². The van der Waals surface area contributed by atoms with Crippen molar-refractivity contribution in [3.63, 3.8) is 0 Å². The minimum atomic E-state index is -0.633. The molecule has 0 radical (unpaired) electrons. The molecule has 0 spiro atoms. The quantitative estimate of drug-likeness (QED) is 0.573. The van der Waals surface area contributed by atoms with Gasteiger partial charge in [0.15, 0.2) is 0 Å². The van der Waals surface area contributed by atoms with Crippen molar-refractivity contribution in [2.45, 2.75) is 97.6 Å². The number of carbonyl (C=O) groups excluding carboxylic acids is 2. The van der Waals surface area contributed by atoms with Gasteiger partial charge in [-0.3, -0.25) is 9.59 Å². The van der Waals surface area contributed by atoms with Crippen LogP contribution in [0.1, 0.15) is 73.1 Å². The summed E-state index contributed by atoms with van der Waals surface area (Å²) < 4.78 is 11.6. The van der Waals surface area contributed by atoms with E-state index in [-0.39, 0.29) is 54.2 Å². The Kier molecular flexibility index (Phi) is 7.87. The second-order valence-electron chi connectivity index (χ2n) is 10.7. The van der Waals surface area contributed by atoms with E-state index in [1.807, 2.05) is 20.8 Å². The van der Waals surface area contributed by atoms with Crippen molar-refractivity contribution in [2.24, 2.45) is 29.1 Å². The second-order valence-corrected chi connectivity index (χ2v) is 10.7. The van der Waals surface area contributed by atoms with Gasteiger partial charge in [0.2, 0.25) is 0 Å². The smallest absolute Gasteiger partial charge is 0.311 e. The molecule has 1 heterocycles. The lowest BCUT2D eigenvalue weighted by atomic mass is 9.64. The minimum absolute atomic E-state index is 0.0471. The third-order valence-corrected chi connectivity index (χ3v) is 7.80. The van der Waals surface area contributed by atoms with Gasteiger partial charge in [0, 0.05) is 18.3 Å². The molecule has 0 bridgehead atoms. The Bertz CT molecular complexity index is 751. The average Bonchev–Trinajstić information content (AvgIpc) is 2.72. The average molecular weight is 449 g/mol. The highest BCUT2D eigenvalue weighted by Crippen LogP contribution is 2.46. The van der Waals surface area contributed by atoms with Gasteiger partial charge in [-0.15, -0.1) is 0 Å². The number of hydrogen-bond donors (Lipinski definition) is 2. The number of hydrogen-bond acceptors (Lipinski definition) is 6. The van der Waals surface area contributed by atoms with Crippen LogP contribution < -0.4 is 0 Å². The summed E-state index contributed by atoms with van der Waals surface area (Å²) in [5.74, 6) is -0.0352. The second kappa shape index (κ2) is 10.1. The summed E-state index contributed by atoms with van der Waals surface area (Å²) in [4.78, 5) is 24.7. The molecule has 0 amide bonds. The fourth-order valence-electron chi connectivity index (χ4n) is 5.24. The van der Waals surface area contributed by atoms with Crippen molar-refractivity contribution >= 4 is 11.9 Å². The van der Waals surface area contributed by atoms with E-state index in [0.717, 1.165) is 12.0 Å². The Morgan fingerprint density at radius 1 is 1.31 bits per heavy atom. The molecule has 2 N–H and O–H groups in total. The summed E-state index contributed by atoms with van der Waals surface area (Å²) in [6.07, 6.45) is 8.06. The highest BCUT2D eigenvalue weighted by molar-refractivity contribution is 5.76. The predicted molar refractivity (Wildman–Crippen MR) is 121 cm³/mol. The maximum Gasteiger partial charge on any atom is 0.311 e. The molecule has 1 fully saturated rings. The third-order valence-electron chi connectivity index (χ3n) is 7.80. The van der Waals surface area contributed by atoms with Gasteiger partial charge in [0.25, 0.3) is 0 Å². The molecule has 6 nitrogen and oxygen atoms in total. The van der Waals surface area contributed by atoms with E-state index < -0.39 is 17.6 Å². The number of fused-ring (bicyclic) bond motifs is 1. The molecule has 0 aromatic rings. The van der Waals surface area contributed by atoms with Gasteiger partial charge in [0.05, 0.1) is 24.0 Å². The third kappa shape index (κ3) is 5.63. The molecule has 1 unspecified atom stereocenters. The largest absolute Gasteiger partial charge is 0.462 e. The normalized spacial score (nSPS) is 36.0. The lowest BCUT2D eigenvalue weighted by Crippen LogP contribution is -2.44. The van der Waals surface area contributed by atoms with E-state index in [0.29, 0.717) is 25.7 Å². The van der Waals surface area contributed by atoms with Gasteiger partial charge in [0.1, 0.15) is 12.2 Å². The molecule has 6 heteroatoms. The number of aliphatic hydroxyl groups is 2. The molecule has 0 saturated carbocycles. The van der Waals surface area contributed by atoms with E-state index in [2.05, 4.69) is 25.2 Å². The number of allylic oxidation sites excluding steroid dienone is 2. The molecule has 0 aromatic heterocycles. The van der Waals surface area contributed by atoms with Crippen LogP contribution in [0.15, 0.2) is 23.8 Å². The number of cyclic esters (lactones) is 1. The highest BCUT2D eigenvalue weighted by atomic mass is 16.6. The maximum absolute atomic E-state index is 13.0. The fourth-order valence-corrected chi connectivity index (χ4v) is 5.24. The zero-order valence-corrected chi connectivity index (χ0v) is 20.1. The minimum Gasteiger partial charge on any atom is -0.462 e. The van der Waals surface area contributed by atoms with Crippen LogP contribution >= 0.6 is 0 Å². The van der Waals surface area contributed by atoms with Crippen LogP contribution in [-0.2, 0) is 19.1 Å². The maximum atomic E-state index is 13.0. The predicted octanol–water partition coefficient (Wildman–Crippen LogP) is 3.95. The lowest BCUT2D eigenvalue weighted by Gasteiger charge is -2.45. The Hall–Kier alpha value is -1.66. The Morgan fingerprint density at radius 2 is 2.03 bits per heavy atom. The Balaban J connectivity index is 1.82. The summed E-state index contributed by atoms with van der Waals surface area (Å²) in [5.41, 5.74) is 0.567. The Labute approximate surface area is 192 Å². The molecule has 32 heavy (non-hydrogen) atoms. The van der Waals surface area contributed by atoms with Crippen molar-refractivity contribution < 1.29 is 29.3 Å². The van der Waals surface area contributed by atoms with E-state index >= 15 is 0 Å². The first-order valence-electron chi connectivity index (χ1n) is 12.2. The first-order valence-corrected chi connectivity index (χ1v) is 12.2. The van der Waals surface area contributed by atoms with Crippen LogP contribution in [0.4, 0.5) is 0 Å². The van der Waals surface area contributed by atoms with E-state index in [4.69, 9.17) is 9.47 Å². The molecule has 180 valence electrons. The van der Waals surface area contributed by atoms with Crippen LogP contribution in [0.2, 0.25) is 0 Å². The van der Waals surface area contributed by atoms with Crippen LogP contribution in [0.25, 0.3) is 0 Å². The number of ether oxygens (including phenoxy) is 2. The van der Waals surface area contributed by atoms with Crippen LogP contribution in [0, 0.1) is 29.1 Å². The van der Waals surface area contributed by atoms with Crippen molar-refractivity contribution in [3.05, 3.63) is 23.8 Å². The fraction of sp³-hybridized carbons (Fsp3) is 0.769. The number of carbonyl (C=O) groups is 2. The standard InChI is InChI=1S/C26H40O6/c1-6-26(4,5)25(30)32-22-12-18(16(3)27)11-17-8-7-15(2)21(24(17)22)10-9-20-13-19(28)14-23(29)31-20/h7-8,11,15-16,18-22,24,27-28H,6,9-10,12-14H2,1-5H3/t15-,16?,18+,19+,20+,21-,22-,24-/m0/s1. The molecule has 3 aliphatic rings. The summed E-state index contributed by atoms with van der Waals surface area (Å²) in [6.45, 7) is 9.76. The van der Waals surface area contributed by atoms with E-state index in [1.54, 1.807) is 6.92 Å². The zero-order chi connectivity index (χ0) is 23.6. The van der Waals surface area contributed by atoms with Crippen molar-refractivity contribution in [3.8, 4) is 0 Å². The molecule has 0 aromatic carbocycles. The van der Waals surface area contributed by atoms with Crippen LogP contribution in [0.5, 0.6) is 0 Å². The van der Waals surface area contributed by atoms with Gasteiger partial charge in [-0.05, 0) is 63.9 Å². The first-order chi connectivity index (χ1) is 15.0.